The molecule has 0 saturated heterocycles. The van der Waals surface area contributed by atoms with Crippen molar-refractivity contribution < 1.29 is 4.74 Å². The Morgan fingerprint density at radius 1 is 1.12 bits per heavy atom. The van der Waals surface area contributed by atoms with E-state index in [9.17, 15) is 0 Å². The molecule has 0 amide bonds. The lowest BCUT2D eigenvalue weighted by atomic mass is 10.1. The fourth-order valence-corrected chi connectivity index (χ4v) is 1.95. The monoisotopic (exact) mass is 447 g/mol. The molecule has 1 aromatic rings. The zero-order valence-electron chi connectivity index (χ0n) is 15.9. The molecule has 0 spiro atoms. The molecule has 0 radical (unpaired) electrons. The standard InChI is InChI=1S/C19H33N3O.HI/c1-7-20-19(22-16(6)14(2)3)21-12-17-9-8-10-18(11-17)13-23-15(4)5;/h8-11,14-16H,7,12-13H2,1-6H3,(H2,20,21,22);1H. The third kappa shape index (κ3) is 9.47. The van der Waals surface area contributed by atoms with Crippen LogP contribution in [0.25, 0.3) is 0 Å². The SMILES string of the molecule is CCNC(=NCc1cccc(COC(C)C)c1)NC(C)C(C)C.I. The molecular formula is C19H34IN3O. The van der Waals surface area contributed by atoms with Crippen LogP contribution in [0, 0.1) is 5.92 Å². The van der Waals surface area contributed by atoms with Crippen molar-refractivity contribution in [2.24, 2.45) is 10.9 Å². The van der Waals surface area contributed by atoms with E-state index in [1.165, 1.54) is 11.1 Å². The average molecular weight is 447 g/mol. The summed E-state index contributed by atoms with van der Waals surface area (Å²) in [6.07, 6.45) is 0.249. The summed E-state index contributed by atoms with van der Waals surface area (Å²) < 4.78 is 5.67. The van der Waals surface area contributed by atoms with E-state index >= 15 is 0 Å². The third-order valence-electron chi connectivity index (χ3n) is 3.70. The molecule has 1 aromatic carbocycles. The molecule has 5 heteroatoms. The van der Waals surface area contributed by atoms with Gasteiger partial charge in [0.15, 0.2) is 5.96 Å². The second kappa shape index (κ2) is 12.5. The molecule has 1 atom stereocenters. The maximum Gasteiger partial charge on any atom is 0.191 e. The zero-order valence-corrected chi connectivity index (χ0v) is 18.3. The first-order valence-electron chi connectivity index (χ1n) is 8.66. The number of hydrogen-bond donors (Lipinski definition) is 2. The van der Waals surface area contributed by atoms with Crippen LogP contribution in [0.3, 0.4) is 0 Å². The predicted octanol–water partition coefficient (Wildman–Crippen LogP) is 4.33. The Hall–Kier alpha value is -0.820. The Morgan fingerprint density at radius 2 is 1.79 bits per heavy atom. The first-order chi connectivity index (χ1) is 10.9. The van der Waals surface area contributed by atoms with Crippen LogP contribution in [0.4, 0.5) is 0 Å². The summed E-state index contributed by atoms with van der Waals surface area (Å²) in [4.78, 5) is 4.70. The molecule has 0 aliphatic carbocycles. The van der Waals surface area contributed by atoms with E-state index in [-0.39, 0.29) is 30.1 Å². The minimum atomic E-state index is 0. The van der Waals surface area contributed by atoms with Crippen LogP contribution >= 0.6 is 24.0 Å². The third-order valence-corrected chi connectivity index (χ3v) is 3.70. The minimum Gasteiger partial charge on any atom is -0.374 e. The van der Waals surface area contributed by atoms with Gasteiger partial charge in [-0.1, -0.05) is 38.1 Å². The van der Waals surface area contributed by atoms with E-state index in [2.05, 4.69) is 76.4 Å². The van der Waals surface area contributed by atoms with Crippen molar-refractivity contribution in [3.63, 3.8) is 0 Å². The van der Waals surface area contributed by atoms with E-state index < -0.39 is 0 Å². The molecule has 1 unspecified atom stereocenters. The van der Waals surface area contributed by atoms with Crippen molar-refractivity contribution in [3.05, 3.63) is 35.4 Å². The summed E-state index contributed by atoms with van der Waals surface area (Å²) in [7, 11) is 0. The number of hydrogen-bond acceptors (Lipinski definition) is 2. The topological polar surface area (TPSA) is 45.7 Å². The summed E-state index contributed by atoms with van der Waals surface area (Å²) >= 11 is 0. The van der Waals surface area contributed by atoms with E-state index in [0.717, 1.165) is 12.5 Å². The van der Waals surface area contributed by atoms with Crippen molar-refractivity contribution in [1.29, 1.82) is 0 Å². The van der Waals surface area contributed by atoms with Crippen LogP contribution in [-0.4, -0.2) is 24.7 Å². The van der Waals surface area contributed by atoms with Crippen LogP contribution in [0.2, 0.25) is 0 Å². The lowest BCUT2D eigenvalue weighted by Crippen LogP contribution is -2.44. The fourth-order valence-electron chi connectivity index (χ4n) is 1.95. The Labute approximate surface area is 164 Å². The number of benzene rings is 1. The Bertz CT molecular complexity index is 489. The van der Waals surface area contributed by atoms with Gasteiger partial charge in [0, 0.05) is 12.6 Å². The molecule has 24 heavy (non-hydrogen) atoms. The Kier molecular flexibility index (Phi) is 12.1. The number of ether oxygens (including phenoxy) is 1. The first-order valence-corrected chi connectivity index (χ1v) is 8.66. The van der Waals surface area contributed by atoms with Gasteiger partial charge >= 0.3 is 0 Å². The van der Waals surface area contributed by atoms with E-state index in [1.54, 1.807) is 0 Å². The van der Waals surface area contributed by atoms with E-state index in [0.29, 0.717) is 25.1 Å². The van der Waals surface area contributed by atoms with Crippen molar-refractivity contribution in [1.82, 2.24) is 10.6 Å². The molecule has 0 saturated carbocycles. The van der Waals surface area contributed by atoms with E-state index in [1.807, 2.05) is 0 Å². The van der Waals surface area contributed by atoms with Gasteiger partial charge in [-0.25, -0.2) is 4.99 Å². The average Bonchev–Trinajstić information content (AvgIpc) is 2.51. The van der Waals surface area contributed by atoms with E-state index in [4.69, 9.17) is 9.73 Å². The molecule has 138 valence electrons. The molecule has 0 aromatic heterocycles. The molecule has 0 bridgehead atoms. The minimum absolute atomic E-state index is 0. The van der Waals surface area contributed by atoms with Crippen LogP contribution in [-0.2, 0) is 17.9 Å². The van der Waals surface area contributed by atoms with Gasteiger partial charge in [-0.2, -0.15) is 0 Å². The zero-order chi connectivity index (χ0) is 17.2. The first kappa shape index (κ1) is 23.2. The number of rotatable bonds is 8. The van der Waals surface area contributed by atoms with Gasteiger partial charge < -0.3 is 15.4 Å². The molecule has 0 aliphatic heterocycles. The highest BCUT2D eigenvalue weighted by Crippen LogP contribution is 2.09. The number of aliphatic imine (C=N–C) groups is 1. The normalized spacial score (nSPS) is 12.9. The molecule has 4 nitrogen and oxygen atoms in total. The highest BCUT2D eigenvalue weighted by Gasteiger charge is 2.08. The summed E-state index contributed by atoms with van der Waals surface area (Å²) in [5, 5.41) is 6.76. The lowest BCUT2D eigenvalue weighted by molar-refractivity contribution is 0.0657. The van der Waals surface area contributed by atoms with Crippen LogP contribution in [0.15, 0.2) is 29.3 Å². The second-order valence-corrected chi connectivity index (χ2v) is 6.55. The lowest BCUT2D eigenvalue weighted by Gasteiger charge is -2.20. The maximum absolute atomic E-state index is 5.67. The second-order valence-electron chi connectivity index (χ2n) is 6.55. The summed E-state index contributed by atoms with van der Waals surface area (Å²) in [5.74, 6) is 1.44. The summed E-state index contributed by atoms with van der Waals surface area (Å²) in [5.41, 5.74) is 2.39. The highest BCUT2D eigenvalue weighted by atomic mass is 127. The van der Waals surface area contributed by atoms with Crippen molar-refractivity contribution in [2.75, 3.05) is 6.54 Å². The van der Waals surface area contributed by atoms with Gasteiger partial charge in [0.05, 0.1) is 19.3 Å². The van der Waals surface area contributed by atoms with Crippen molar-refractivity contribution >= 4 is 29.9 Å². The van der Waals surface area contributed by atoms with Crippen molar-refractivity contribution in [3.8, 4) is 0 Å². The molecule has 0 heterocycles. The number of nitrogens with one attached hydrogen (secondary N) is 2. The molecule has 2 N–H and O–H groups in total. The number of guanidine groups is 1. The maximum atomic E-state index is 5.67. The van der Waals surface area contributed by atoms with Gasteiger partial charge in [0.2, 0.25) is 0 Å². The van der Waals surface area contributed by atoms with Crippen LogP contribution in [0.1, 0.15) is 52.7 Å². The molecule has 0 fully saturated rings. The highest BCUT2D eigenvalue weighted by molar-refractivity contribution is 14.0. The fraction of sp³-hybridized carbons (Fsp3) is 0.632. The van der Waals surface area contributed by atoms with Crippen LogP contribution in [0.5, 0.6) is 0 Å². The van der Waals surface area contributed by atoms with Gasteiger partial charge in [0.1, 0.15) is 0 Å². The number of halogens is 1. The van der Waals surface area contributed by atoms with Gasteiger partial charge in [-0.15, -0.1) is 24.0 Å². The largest absolute Gasteiger partial charge is 0.374 e. The van der Waals surface area contributed by atoms with Gasteiger partial charge in [-0.3, -0.25) is 0 Å². The smallest absolute Gasteiger partial charge is 0.191 e. The van der Waals surface area contributed by atoms with Gasteiger partial charge in [0.25, 0.3) is 0 Å². The molecular weight excluding hydrogens is 413 g/mol. The summed E-state index contributed by atoms with van der Waals surface area (Å²) in [6.45, 7) is 15.0. The Balaban J connectivity index is 0.00000529. The van der Waals surface area contributed by atoms with Gasteiger partial charge in [-0.05, 0) is 44.7 Å². The number of nitrogens with zero attached hydrogens (tertiary/aromatic N) is 1. The van der Waals surface area contributed by atoms with Crippen molar-refractivity contribution in [2.45, 2.75) is 66.8 Å². The Morgan fingerprint density at radius 3 is 2.38 bits per heavy atom. The molecule has 1 rings (SSSR count). The molecule has 0 aliphatic rings. The predicted molar refractivity (Wildman–Crippen MR) is 114 cm³/mol. The van der Waals surface area contributed by atoms with Crippen LogP contribution < -0.4 is 10.6 Å². The summed E-state index contributed by atoms with van der Waals surface area (Å²) in [6, 6.07) is 8.83. The quantitative estimate of drug-likeness (QED) is 0.354.